The fraction of sp³-hybridized carbons (Fsp3) is 0.615. The fourth-order valence-electron chi connectivity index (χ4n) is 4.69. The minimum absolute atomic E-state index is 0.0481. The number of carbonyl (C=O) groups excluding carboxylic acids is 3. The molecule has 1 aromatic carbocycles. The lowest BCUT2D eigenvalue weighted by Crippen LogP contribution is -2.40. The summed E-state index contributed by atoms with van der Waals surface area (Å²) in [7, 11) is 0. The number of amides is 3. The monoisotopic (exact) mass is 568 g/mol. The van der Waals surface area contributed by atoms with E-state index in [1.165, 1.54) is 18.2 Å². The molecule has 2 aliphatic heterocycles. The summed E-state index contributed by atoms with van der Waals surface area (Å²) in [6.07, 6.45) is -0.716. The first-order chi connectivity index (χ1) is 18.6. The number of piperidine rings is 1. The van der Waals surface area contributed by atoms with Gasteiger partial charge in [-0.25, -0.2) is 0 Å². The molecule has 3 N–H and O–H groups in total. The van der Waals surface area contributed by atoms with E-state index in [1.54, 1.807) is 23.2 Å². The number of hydrogen-bond acceptors (Lipinski definition) is 7. The zero-order valence-electron chi connectivity index (χ0n) is 21.9. The number of anilines is 2. The number of likely N-dealkylation sites (tertiary alicyclic amines) is 1. The number of carbonyl (C=O) groups is 3. The highest BCUT2D eigenvalue weighted by atomic mass is 32.2. The van der Waals surface area contributed by atoms with Crippen molar-refractivity contribution in [1.29, 1.82) is 5.26 Å². The highest BCUT2D eigenvalue weighted by Gasteiger charge is 2.41. The van der Waals surface area contributed by atoms with Crippen LogP contribution >= 0.6 is 11.8 Å². The van der Waals surface area contributed by atoms with Crippen molar-refractivity contribution in [3.05, 3.63) is 24.3 Å². The molecule has 3 unspecified atom stereocenters. The van der Waals surface area contributed by atoms with Crippen LogP contribution in [0.1, 0.15) is 39.0 Å². The van der Waals surface area contributed by atoms with Crippen LogP contribution in [-0.2, 0) is 14.4 Å². The average Bonchev–Trinajstić information content (AvgIpc) is 3.19. The van der Waals surface area contributed by atoms with Crippen LogP contribution in [0.3, 0.4) is 0 Å². The van der Waals surface area contributed by atoms with Crippen molar-refractivity contribution >= 4 is 40.9 Å². The van der Waals surface area contributed by atoms with Crippen LogP contribution in [0.5, 0.6) is 0 Å². The number of rotatable bonds is 12. The number of benzene rings is 1. The summed E-state index contributed by atoms with van der Waals surface area (Å²) < 4.78 is 37.3. The van der Waals surface area contributed by atoms with E-state index in [4.69, 9.17) is 0 Å². The third-order valence-corrected chi connectivity index (χ3v) is 8.17. The lowest BCUT2D eigenvalue weighted by atomic mass is 10.1. The molecular weight excluding hydrogens is 533 g/mol. The Balaban J connectivity index is 1.48. The number of nitriles is 1. The molecule has 2 aliphatic rings. The molecule has 2 saturated heterocycles. The number of alkyl halides is 3. The number of nitrogens with zero attached hydrogens (tertiary/aromatic N) is 3. The standard InChI is InChI=1S/C26H35F3N6O3S/c1-2-35-23(13-18(15-30)24(37)32-17-26(27,28)29)39-21(25(35)38)9-10-31-19-7-6-8-20(14-19)33-22(36)16-34-11-4-3-5-12-34/h6-8,14,18,21,23,31H,2-5,9-13,16-17H2,1H3,(H,32,37)(H,33,36). The maximum atomic E-state index is 12.9. The highest BCUT2D eigenvalue weighted by Crippen LogP contribution is 2.37. The Morgan fingerprint density at radius 2 is 1.92 bits per heavy atom. The third kappa shape index (κ3) is 9.61. The van der Waals surface area contributed by atoms with Gasteiger partial charge in [0.25, 0.3) is 0 Å². The predicted octanol–water partition coefficient (Wildman–Crippen LogP) is 3.41. The Hall–Kier alpha value is -2.98. The maximum absolute atomic E-state index is 12.9. The van der Waals surface area contributed by atoms with E-state index in [0.717, 1.165) is 31.6 Å². The van der Waals surface area contributed by atoms with E-state index in [1.807, 2.05) is 24.3 Å². The molecule has 2 heterocycles. The van der Waals surface area contributed by atoms with Gasteiger partial charge in [-0.2, -0.15) is 18.4 Å². The molecule has 2 fully saturated rings. The van der Waals surface area contributed by atoms with Gasteiger partial charge >= 0.3 is 6.18 Å². The second-order valence-corrected chi connectivity index (χ2v) is 11.0. The minimum Gasteiger partial charge on any atom is -0.385 e. The second-order valence-electron chi connectivity index (χ2n) is 9.64. The van der Waals surface area contributed by atoms with Crippen molar-refractivity contribution in [2.75, 3.05) is 49.9 Å². The Bertz CT molecular complexity index is 1040. The molecule has 214 valence electrons. The zero-order chi connectivity index (χ0) is 28.4. The van der Waals surface area contributed by atoms with Crippen molar-refractivity contribution < 1.29 is 27.6 Å². The van der Waals surface area contributed by atoms with E-state index in [2.05, 4.69) is 15.5 Å². The summed E-state index contributed by atoms with van der Waals surface area (Å²) in [5.74, 6) is -2.47. The molecule has 0 spiro atoms. The molecule has 0 aliphatic carbocycles. The van der Waals surface area contributed by atoms with Gasteiger partial charge in [-0.3, -0.25) is 19.3 Å². The summed E-state index contributed by atoms with van der Waals surface area (Å²) in [5, 5.41) is 16.4. The van der Waals surface area contributed by atoms with E-state index in [9.17, 15) is 32.8 Å². The van der Waals surface area contributed by atoms with Gasteiger partial charge in [0.05, 0.1) is 23.2 Å². The van der Waals surface area contributed by atoms with Gasteiger partial charge < -0.3 is 20.9 Å². The molecule has 0 saturated carbocycles. The van der Waals surface area contributed by atoms with E-state index < -0.39 is 35.2 Å². The molecule has 39 heavy (non-hydrogen) atoms. The summed E-state index contributed by atoms with van der Waals surface area (Å²) in [4.78, 5) is 41.2. The van der Waals surface area contributed by atoms with Gasteiger partial charge in [0.15, 0.2) is 0 Å². The lowest BCUT2D eigenvalue weighted by molar-refractivity contribution is -0.140. The predicted molar refractivity (Wildman–Crippen MR) is 144 cm³/mol. The largest absolute Gasteiger partial charge is 0.405 e. The van der Waals surface area contributed by atoms with Gasteiger partial charge in [0.1, 0.15) is 12.5 Å². The molecule has 0 bridgehead atoms. The topological polar surface area (TPSA) is 118 Å². The first-order valence-electron chi connectivity index (χ1n) is 13.2. The molecule has 3 rings (SSSR count). The lowest BCUT2D eigenvalue weighted by Gasteiger charge is -2.25. The Kier molecular flexibility index (Phi) is 11.3. The fourth-order valence-corrected chi connectivity index (χ4v) is 6.28. The average molecular weight is 569 g/mol. The molecule has 9 nitrogen and oxygen atoms in total. The van der Waals surface area contributed by atoms with Crippen molar-refractivity contribution in [2.45, 2.75) is 55.8 Å². The van der Waals surface area contributed by atoms with E-state index in [0.29, 0.717) is 31.7 Å². The van der Waals surface area contributed by atoms with Crippen LogP contribution < -0.4 is 16.0 Å². The molecule has 3 amide bonds. The van der Waals surface area contributed by atoms with E-state index >= 15 is 0 Å². The molecule has 3 atom stereocenters. The zero-order valence-corrected chi connectivity index (χ0v) is 22.7. The Morgan fingerprint density at radius 3 is 2.59 bits per heavy atom. The quantitative estimate of drug-likeness (QED) is 0.354. The summed E-state index contributed by atoms with van der Waals surface area (Å²) in [5.41, 5.74) is 1.47. The van der Waals surface area contributed by atoms with Gasteiger partial charge in [-0.1, -0.05) is 12.5 Å². The number of halogens is 3. The first kappa shape index (κ1) is 30.6. The summed E-state index contributed by atoms with van der Waals surface area (Å²) in [6.45, 7) is 3.34. The van der Waals surface area contributed by atoms with Crippen LogP contribution in [0.4, 0.5) is 24.5 Å². The smallest absolute Gasteiger partial charge is 0.385 e. The SMILES string of the molecule is CCN1C(=O)C(CCNc2cccc(NC(=O)CN3CCCCC3)c2)SC1CC(C#N)C(=O)NCC(F)(F)F. The van der Waals surface area contributed by atoms with Crippen LogP contribution in [0.2, 0.25) is 0 Å². The van der Waals surface area contributed by atoms with Crippen molar-refractivity contribution in [3.63, 3.8) is 0 Å². The van der Waals surface area contributed by atoms with Gasteiger partial charge in [0, 0.05) is 30.9 Å². The normalized spacial score (nSPS) is 20.8. The first-order valence-corrected chi connectivity index (χ1v) is 14.1. The molecule has 1 aromatic rings. The highest BCUT2D eigenvalue weighted by molar-refractivity contribution is 8.01. The van der Waals surface area contributed by atoms with Gasteiger partial charge in [0.2, 0.25) is 17.7 Å². The molecular formula is C26H35F3N6O3S. The second kappa shape index (κ2) is 14.4. The third-order valence-electron chi connectivity index (χ3n) is 6.64. The van der Waals surface area contributed by atoms with E-state index in [-0.39, 0.29) is 18.2 Å². The van der Waals surface area contributed by atoms with Crippen molar-refractivity contribution in [1.82, 2.24) is 15.1 Å². The Morgan fingerprint density at radius 1 is 1.21 bits per heavy atom. The van der Waals surface area contributed by atoms with Crippen LogP contribution in [0.15, 0.2) is 24.3 Å². The number of hydrogen-bond donors (Lipinski definition) is 3. The molecule has 13 heteroatoms. The van der Waals surface area contributed by atoms with Crippen LogP contribution in [0.25, 0.3) is 0 Å². The van der Waals surface area contributed by atoms with Crippen molar-refractivity contribution in [2.24, 2.45) is 5.92 Å². The van der Waals surface area contributed by atoms with Crippen molar-refractivity contribution in [3.8, 4) is 6.07 Å². The van der Waals surface area contributed by atoms with Gasteiger partial charge in [-0.15, -0.1) is 11.8 Å². The molecule has 0 aromatic heterocycles. The maximum Gasteiger partial charge on any atom is 0.405 e. The molecule has 0 radical (unpaired) electrons. The van der Waals surface area contributed by atoms with Gasteiger partial charge in [-0.05, 0) is 57.5 Å². The number of nitrogens with one attached hydrogen (secondary N) is 3. The Labute approximate surface area is 230 Å². The van der Waals surface area contributed by atoms with Crippen LogP contribution in [0, 0.1) is 17.2 Å². The summed E-state index contributed by atoms with van der Waals surface area (Å²) in [6, 6.07) is 9.11. The minimum atomic E-state index is -4.57. The van der Waals surface area contributed by atoms with Crippen LogP contribution in [-0.4, -0.2) is 83.6 Å². The summed E-state index contributed by atoms with van der Waals surface area (Å²) >= 11 is 1.32. The number of thioether (sulfide) groups is 1.